The zero-order valence-corrected chi connectivity index (χ0v) is 13.9. The van der Waals surface area contributed by atoms with Crippen molar-refractivity contribution in [2.45, 2.75) is 51.4 Å². The molecule has 1 amide bonds. The van der Waals surface area contributed by atoms with Crippen molar-refractivity contribution < 1.29 is 19.4 Å². The molecule has 0 saturated carbocycles. The number of hydrogen-bond donors (Lipinski definition) is 1. The molecule has 2 aliphatic rings. The van der Waals surface area contributed by atoms with Crippen molar-refractivity contribution in [3.63, 3.8) is 0 Å². The van der Waals surface area contributed by atoms with Gasteiger partial charge < -0.3 is 19.5 Å². The Bertz CT molecular complexity index is 339. The Balaban J connectivity index is 1.67. The summed E-state index contributed by atoms with van der Waals surface area (Å²) in [4.78, 5) is 16.5. The van der Waals surface area contributed by atoms with Gasteiger partial charge in [0.1, 0.15) is 6.10 Å². The summed E-state index contributed by atoms with van der Waals surface area (Å²) in [5.41, 5.74) is 0. The zero-order valence-electron chi connectivity index (χ0n) is 13.9. The number of rotatable bonds is 7. The third kappa shape index (κ3) is 5.19. The lowest BCUT2D eigenvalue weighted by Gasteiger charge is -2.36. The average Bonchev–Trinajstić information content (AvgIpc) is 3.06. The van der Waals surface area contributed by atoms with E-state index in [1.165, 1.54) is 0 Å². The highest BCUT2D eigenvalue weighted by molar-refractivity contribution is 5.80. The van der Waals surface area contributed by atoms with Crippen LogP contribution in [0.2, 0.25) is 0 Å². The third-order valence-electron chi connectivity index (χ3n) is 4.53. The Labute approximate surface area is 133 Å². The first-order valence-corrected chi connectivity index (χ1v) is 8.52. The molecule has 2 rings (SSSR count). The molecule has 0 radical (unpaired) electrons. The Morgan fingerprint density at radius 2 is 2.09 bits per heavy atom. The number of amides is 1. The number of ether oxygens (including phenoxy) is 2. The molecule has 0 aromatic heterocycles. The summed E-state index contributed by atoms with van der Waals surface area (Å²) in [6.07, 6.45) is 2.37. The summed E-state index contributed by atoms with van der Waals surface area (Å²) in [7, 11) is 0. The second kappa shape index (κ2) is 8.82. The van der Waals surface area contributed by atoms with Crippen LogP contribution < -0.4 is 0 Å². The molecule has 22 heavy (non-hydrogen) atoms. The largest absolute Gasteiger partial charge is 0.392 e. The summed E-state index contributed by atoms with van der Waals surface area (Å²) in [6, 6.07) is 0. The molecule has 6 nitrogen and oxygen atoms in total. The van der Waals surface area contributed by atoms with Crippen LogP contribution in [-0.4, -0.2) is 85.1 Å². The van der Waals surface area contributed by atoms with E-state index in [2.05, 4.69) is 4.90 Å². The van der Waals surface area contributed by atoms with Gasteiger partial charge in [0.25, 0.3) is 5.91 Å². The fraction of sp³-hybridized carbons (Fsp3) is 0.938. The predicted molar refractivity (Wildman–Crippen MR) is 83.7 cm³/mol. The van der Waals surface area contributed by atoms with E-state index in [-0.39, 0.29) is 18.1 Å². The van der Waals surface area contributed by atoms with Crippen LogP contribution in [0.15, 0.2) is 0 Å². The van der Waals surface area contributed by atoms with E-state index in [0.29, 0.717) is 26.2 Å². The number of nitrogens with zero attached hydrogens (tertiary/aromatic N) is 2. The first kappa shape index (κ1) is 17.7. The Morgan fingerprint density at radius 1 is 1.36 bits per heavy atom. The van der Waals surface area contributed by atoms with Crippen LogP contribution >= 0.6 is 0 Å². The standard InChI is InChI=1S/C16H30N2O4/c1-3-14(19)11-17-6-8-18(9-7-17)16(20)13(2)22-12-15-5-4-10-21-15/h13-15,19H,3-12H2,1-2H3/t13-,14-,15+/m0/s1. The highest BCUT2D eigenvalue weighted by Gasteiger charge is 2.27. The molecular weight excluding hydrogens is 284 g/mol. The first-order valence-electron chi connectivity index (χ1n) is 8.52. The van der Waals surface area contributed by atoms with Gasteiger partial charge in [-0.15, -0.1) is 0 Å². The van der Waals surface area contributed by atoms with Gasteiger partial charge in [0.2, 0.25) is 0 Å². The van der Waals surface area contributed by atoms with Gasteiger partial charge in [0.05, 0.1) is 18.8 Å². The number of piperazine rings is 1. The molecule has 6 heteroatoms. The molecule has 0 unspecified atom stereocenters. The first-order chi connectivity index (χ1) is 10.6. The fourth-order valence-corrected chi connectivity index (χ4v) is 2.93. The maximum Gasteiger partial charge on any atom is 0.251 e. The van der Waals surface area contributed by atoms with Crippen LogP contribution in [0.3, 0.4) is 0 Å². The van der Waals surface area contributed by atoms with Gasteiger partial charge in [-0.05, 0) is 26.2 Å². The summed E-state index contributed by atoms with van der Waals surface area (Å²) < 4.78 is 11.2. The average molecular weight is 314 g/mol. The van der Waals surface area contributed by atoms with Crippen molar-refractivity contribution in [3.8, 4) is 0 Å². The number of aliphatic hydroxyl groups is 1. The second-order valence-electron chi connectivity index (χ2n) is 6.30. The molecule has 0 spiro atoms. The number of carbonyl (C=O) groups is 1. The molecule has 3 atom stereocenters. The van der Waals surface area contributed by atoms with Gasteiger partial charge in [0, 0.05) is 39.3 Å². The monoisotopic (exact) mass is 314 g/mol. The lowest BCUT2D eigenvalue weighted by atomic mass is 10.2. The van der Waals surface area contributed by atoms with Crippen LogP contribution in [0.4, 0.5) is 0 Å². The van der Waals surface area contributed by atoms with Crippen LogP contribution in [0.5, 0.6) is 0 Å². The Hall–Kier alpha value is -0.690. The highest BCUT2D eigenvalue weighted by Crippen LogP contribution is 2.14. The molecular formula is C16H30N2O4. The van der Waals surface area contributed by atoms with Crippen LogP contribution in [-0.2, 0) is 14.3 Å². The van der Waals surface area contributed by atoms with Crippen molar-refractivity contribution in [1.29, 1.82) is 0 Å². The molecule has 0 bridgehead atoms. The van der Waals surface area contributed by atoms with Crippen LogP contribution in [0.25, 0.3) is 0 Å². The lowest BCUT2D eigenvalue weighted by Crippen LogP contribution is -2.52. The van der Waals surface area contributed by atoms with E-state index >= 15 is 0 Å². The van der Waals surface area contributed by atoms with Crippen molar-refractivity contribution in [3.05, 3.63) is 0 Å². The molecule has 0 aromatic carbocycles. The number of carbonyl (C=O) groups excluding carboxylic acids is 1. The third-order valence-corrected chi connectivity index (χ3v) is 4.53. The maximum absolute atomic E-state index is 12.4. The topological polar surface area (TPSA) is 62.2 Å². The molecule has 1 N–H and O–H groups in total. The van der Waals surface area contributed by atoms with Crippen molar-refractivity contribution >= 4 is 5.91 Å². The van der Waals surface area contributed by atoms with Crippen molar-refractivity contribution in [2.24, 2.45) is 0 Å². The summed E-state index contributed by atoms with van der Waals surface area (Å²) >= 11 is 0. The Morgan fingerprint density at radius 3 is 2.68 bits per heavy atom. The van der Waals surface area contributed by atoms with Crippen molar-refractivity contribution in [2.75, 3.05) is 45.9 Å². The summed E-state index contributed by atoms with van der Waals surface area (Å²) in [6.45, 7) is 8.89. The molecule has 2 heterocycles. The fourth-order valence-electron chi connectivity index (χ4n) is 2.93. The summed E-state index contributed by atoms with van der Waals surface area (Å²) in [5.74, 6) is 0.0636. The Kier molecular flexibility index (Phi) is 7.08. The van der Waals surface area contributed by atoms with E-state index in [4.69, 9.17) is 9.47 Å². The van der Waals surface area contributed by atoms with E-state index in [9.17, 15) is 9.90 Å². The second-order valence-corrected chi connectivity index (χ2v) is 6.30. The maximum atomic E-state index is 12.4. The highest BCUT2D eigenvalue weighted by atomic mass is 16.5. The minimum Gasteiger partial charge on any atom is -0.392 e. The SMILES string of the molecule is CC[C@H](O)CN1CCN(C(=O)[C@H](C)OC[C@H]2CCCO2)CC1. The van der Waals surface area contributed by atoms with E-state index < -0.39 is 6.10 Å². The van der Waals surface area contributed by atoms with Crippen LogP contribution in [0.1, 0.15) is 33.1 Å². The van der Waals surface area contributed by atoms with E-state index in [1.54, 1.807) is 0 Å². The van der Waals surface area contributed by atoms with Gasteiger partial charge in [-0.1, -0.05) is 6.92 Å². The van der Waals surface area contributed by atoms with E-state index in [1.807, 2.05) is 18.7 Å². The number of hydrogen-bond acceptors (Lipinski definition) is 5. The molecule has 2 fully saturated rings. The normalized spacial score (nSPS) is 26.1. The minimum atomic E-state index is -0.406. The van der Waals surface area contributed by atoms with Gasteiger partial charge in [-0.25, -0.2) is 0 Å². The molecule has 128 valence electrons. The summed E-state index contributed by atoms with van der Waals surface area (Å²) in [5, 5.41) is 9.69. The van der Waals surface area contributed by atoms with Crippen LogP contribution in [0, 0.1) is 0 Å². The molecule has 2 aliphatic heterocycles. The zero-order chi connectivity index (χ0) is 15.9. The number of aliphatic hydroxyl groups excluding tert-OH is 1. The predicted octanol–water partition coefficient (Wildman–Crippen LogP) is 0.486. The molecule has 0 aromatic rings. The molecule has 0 aliphatic carbocycles. The van der Waals surface area contributed by atoms with Gasteiger partial charge in [-0.3, -0.25) is 9.69 Å². The van der Waals surface area contributed by atoms with Gasteiger partial charge in [-0.2, -0.15) is 0 Å². The van der Waals surface area contributed by atoms with E-state index in [0.717, 1.165) is 39.0 Å². The molecule has 2 saturated heterocycles. The quantitative estimate of drug-likeness (QED) is 0.741. The minimum absolute atomic E-state index is 0.0636. The van der Waals surface area contributed by atoms with Gasteiger partial charge in [0.15, 0.2) is 0 Å². The van der Waals surface area contributed by atoms with Crippen molar-refractivity contribution in [1.82, 2.24) is 9.80 Å². The smallest absolute Gasteiger partial charge is 0.251 e. The lowest BCUT2D eigenvalue weighted by molar-refractivity contribution is -0.146. The van der Waals surface area contributed by atoms with Gasteiger partial charge >= 0.3 is 0 Å². The number of β-amino-alcohol motifs (C(OH)–C–C–N with tert-alkyl or cyclic N) is 1.